The highest BCUT2D eigenvalue weighted by atomic mass is 16.7. The zero-order chi connectivity index (χ0) is 26.5. The van der Waals surface area contributed by atoms with Crippen LogP contribution in [0.25, 0.3) is 0 Å². The van der Waals surface area contributed by atoms with Crippen molar-refractivity contribution in [3.8, 4) is 11.8 Å². The van der Waals surface area contributed by atoms with Crippen molar-refractivity contribution in [3.63, 3.8) is 0 Å². The van der Waals surface area contributed by atoms with E-state index in [0.717, 1.165) is 12.8 Å². The average Bonchev–Trinajstić information content (AvgIpc) is 3.14. The van der Waals surface area contributed by atoms with Crippen molar-refractivity contribution in [3.05, 3.63) is 29.3 Å². The van der Waals surface area contributed by atoms with Crippen LogP contribution in [0.4, 0.5) is 0 Å². The van der Waals surface area contributed by atoms with E-state index in [4.69, 9.17) is 24.0 Å². The number of rotatable bonds is 7. The summed E-state index contributed by atoms with van der Waals surface area (Å²) in [5.41, 5.74) is 0.110. The highest BCUT2D eigenvalue weighted by molar-refractivity contribution is 6.48. The Kier molecular flexibility index (Phi) is 6.91. The maximum absolute atomic E-state index is 12.9. The first-order valence-electron chi connectivity index (χ1n) is 12.7. The Balaban J connectivity index is 1.61. The minimum absolute atomic E-state index is 0.0513. The summed E-state index contributed by atoms with van der Waals surface area (Å²) in [6.07, 6.45) is 2.02. The number of nitrogens with one attached hydrogen (secondary N) is 1. The molecule has 194 valence electrons. The highest BCUT2D eigenvalue weighted by Gasteiger charge is 2.68. The Hall–Kier alpha value is -2.57. The minimum Gasteiger partial charge on any atom is -0.496 e. The lowest BCUT2D eigenvalue weighted by Gasteiger charge is -2.64. The molecule has 0 spiro atoms. The molecule has 9 heteroatoms. The van der Waals surface area contributed by atoms with Gasteiger partial charge in [0.2, 0.25) is 5.91 Å². The van der Waals surface area contributed by atoms with Crippen LogP contribution >= 0.6 is 0 Å². The number of nitrogens with zero attached hydrogens (tertiary/aromatic N) is 1. The molecule has 1 heterocycles. The van der Waals surface area contributed by atoms with Crippen LogP contribution in [0.3, 0.4) is 0 Å². The monoisotopic (exact) mass is 496 g/mol. The molecule has 2 bridgehead atoms. The number of amides is 1. The van der Waals surface area contributed by atoms with Crippen LogP contribution in [-0.4, -0.2) is 49.4 Å². The third kappa shape index (κ3) is 4.73. The van der Waals surface area contributed by atoms with E-state index in [-0.39, 0.29) is 17.9 Å². The molecule has 5 atom stereocenters. The minimum atomic E-state index is -0.687. The van der Waals surface area contributed by atoms with Gasteiger partial charge in [0.15, 0.2) is 0 Å². The lowest BCUT2D eigenvalue weighted by Crippen LogP contribution is -2.65. The number of para-hydroxylation sites is 1. The molecule has 1 amide bonds. The van der Waals surface area contributed by atoms with Gasteiger partial charge >= 0.3 is 13.1 Å². The number of hydrogen-bond donors (Lipinski definition) is 1. The van der Waals surface area contributed by atoms with Gasteiger partial charge in [-0.25, -0.2) is 4.79 Å². The molecule has 4 aliphatic rings. The zero-order valence-corrected chi connectivity index (χ0v) is 22.3. The lowest BCUT2D eigenvalue weighted by molar-refractivity contribution is -0.199. The van der Waals surface area contributed by atoms with Crippen LogP contribution in [0.5, 0.6) is 5.75 Å². The summed E-state index contributed by atoms with van der Waals surface area (Å²) in [6.45, 7) is 12.1. The summed E-state index contributed by atoms with van der Waals surface area (Å²) >= 11 is 0. The number of esters is 1. The molecule has 3 aliphatic carbocycles. The van der Waals surface area contributed by atoms with E-state index in [2.05, 4.69) is 26.1 Å². The molecule has 5 rings (SSSR count). The maximum atomic E-state index is 12.9. The second-order valence-electron chi connectivity index (χ2n) is 12.0. The summed E-state index contributed by atoms with van der Waals surface area (Å²) in [5, 5.41) is 12.0. The van der Waals surface area contributed by atoms with E-state index in [0.29, 0.717) is 35.1 Å². The topological polar surface area (TPSA) is 107 Å². The van der Waals surface area contributed by atoms with Gasteiger partial charge < -0.3 is 24.1 Å². The molecule has 0 radical (unpaired) electrons. The molecular formula is C27H37BN2O6. The summed E-state index contributed by atoms with van der Waals surface area (Å²) in [7, 11) is 0.816. The molecule has 1 aliphatic heterocycles. The standard InChI is InChI=1S/C27H37BN2O6/c1-25(2,3)34-24(32)18-10-8-9-16(23(18)33-7)13-21(30-22(31)11-12-29)28-35-20-15-17-14-19(26(17,4)5)27(20,6)36-28/h8-10,17,19-21H,11,13-15H2,1-7H3,(H,30,31). The molecular weight excluding hydrogens is 459 g/mol. The first-order valence-corrected chi connectivity index (χ1v) is 12.7. The Labute approximate surface area is 214 Å². The van der Waals surface area contributed by atoms with Crippen LogP contribution in [0.2, 0.25) is 0 Å². The quantitative estimate of drug-likeness (QED) is 0.451. The summed E-state index contributed by atoms with van der Waals surface area (Å²) in [6, 6.07) is 7.17. The third-order valence-corrected chi connectivity index (χ3v) is 8.24. The fraction of sp³-hybridized carbons (Fsp3) is 0.667. The van der Waals surface area contributed by atoms with Crippen LogP contribution in [0, 0.1) is 28.6 Å². The number of nitriles is 1. The molecule has 8 nitrogen and oxygen atoms in total. The SMILES string of the molecule is COc1c(CC(NC(=O)CC#N)B2OC3CC4CC(C4(C)C)C3(C)O2)cccc1C(=O)OC(C)(C)C. The highest BCUT2D eigenvalue weighted by Crippen LogP contribution is 2.65. The van der Waals surface area contributed by atoms with Crippen LogP contribution < -0.4 is 10.1 Å². The smallest absolute Gasteiger partial charge is 0.482 e. The molecule has 0 aromatic heterocycles. The van der Waals surface area contributed by atoms with Gasteiger partial charge in [0.05, 0.1) is 30.8 Å². The van der Waals surface area contributed by atoms with E-state index >= 15 is 0 Å². The first kappa shape index (κ1) is 26.5. The number of carbonyl (C=O) groups excluding carboxylic acids is 2. The van der Waals surface area contributed by atoms with Crippen molar-refractivity contribution in [2.75, 3.05) is 7.11 Å². The van der Waals surface area contributed by atoms with E-state index in [1.165, 1.54) is 7.11 Å². The van der Waals surface area contributed by atoms with Crippen molar-refractivity contribution in [1.82, 2.24) is 5.32 Å². The predicted molar refractivity (Wildman–Crippen MR) is 134 cm³/mol. The van der Waals surface area contributed by atoms with Gasteiger partial charge in [0.1, 0.15) is 23.3 Å². The molecule has 36 heavy (non-hydrogen) atoms. The Morgan fingerprint density at radius 1 is 1.28 bits per heavy atom. The Morgan fingerprint density at radius 3 is 2.61 bits per heavy atom. The van der Waals surface area contributed by atoms with E-state index in [1.807, 2.05) is 32.9 Å². The second kappa shape index (κ2) is 9.39. The Morgan fingerprint density at radius 2 is 2.00 bits per heavy atom. The van der Waals surface area contributed by atoms with Gasteiger partial charge in [-0.1, -0.05) is 26.0 Å². The maximum Gasteiger partial charge on any atom is 0.482 e. The second-order valence-corrected chi connectivity index (χ2v) is 12.0. The number of benzene rings is 1. The van der Waals surface area contributed by atoms with Gasteiger partial charge in [-0.3, -0.25) is 4.79 Å². The number of methoxy groups -OCH3 is 1. The van der Waals surface area contributed by atoms with Crippen molar-refractivity contribution < 1.29 is 28.4 Å². The Bertz CT molecular complexity index is 1080. The van der Waals surface area contributed by atoms with Crippen molar-refractivity contribution in [2.24, 2.45) is 17.3 Å². The zero-order valence-electron chi connectivity index (χ0n) is 22.3. The molecule has 3 saturated carbocycles. The van der Waals surface area contributed by atoms with Crippen LogP contribution in [0.1, 0.15) is 76.7 Å². The van der Waals surface area contributed by atoms with Crippen LogP contribution in [0.15, 0.2) is 18.2 Å². The molecule has 1 N–H and O–H groups in total. The first-order chi connectivity index (χ1) is 16.8. The van der Waals surface area contributed by atoms with E-state index < -0.39 is 36.1 Å². The van der Waals surface area contributed by atoms with Gasteiger partial charge in [-0.2, -0.15) is 5.26 Å². The van der Waals surface area contributed by atoms with Gasteiger partial charge in [0.25, 0.3) is 0 Å². The molecule has 1 saturated heterocycles. The summed E-state index contributed by atoms with van der Waals surface area (Å²) < 4.78 is 24.3. The number of hydrogen-bond acceptors (Lipinski definition) is 7. The van der Waals surface area contributed by atoms with Crippen LogP contribution in [-0.2, 0) is 25.3 Å². The fourth-order valence-corrected chi connectivity index (χ4v) is 6.33. The largest absolute Gasteiger partial charge is 0.496 e. The van der Waals surface area contributed by atoms with Gasteiger partial charge in [-0.05, 0) is 75.8 Å². The summed E-state index contributed by atoms with van der Waals surface area (Å²) in [4.78, 5) is 25.4. The van der Waals surface area contributed by atoms with E-state index in [9.17, 15) is 9.59 Å². The van der Waals surface area contributed by atoms with Gasteiger partial charge in [-0.15, -0.1) is 0 Å². The lowest BCUT2D eigenvalue weighted by atomic mass is 9.43. The number of carbonyl (C=O) groups is 2. The third-order valence-electron chi connectivity index (χ3n) is 8.24. The van der Waals surface area contributed by atoms with Crippen molar-refractivity contribution >= 4 is 19.0 Å². The molecule has 1 aromatic carbocycles. The summed E-state index contributed by atoms with van der Waals surface area (Å²) in [5.74, 6) is -0.103. The normalized spacial score (nSPS) is 28.8. The number of ether oxygens (including phenoxy) is 2. The van der Waals surface area contributed by atoms with Crippen molar-refractivity contribution in [2.45, 2.75) is 90.5 Å². The molecule has 1 aromatic rings. The average molecular weight is 496 g/mol. The predicted octanol–water partition coefficient (Wildman–Crippen LogP) is 3.86. The molecule has 5 unspecified atom stereocenters. The molecule has 4 fully saturated rings. The van der Waals surface area contributed by atoms with Crippen molar-refractivity contribution in [1.29, 1.82) is 5.26 Å². The van der Waals surface area contributed by atoms with E-state index in [1.54, 1.807) is 12.1 Å². The fourth-order valence-electron chi connectivity index (χ4n) is 6.33. The van der Waals surface area contributed by atoms with Gasteiger partial charge in [0, 0.05) is 0 Å².